The standard InChI is InChI=1S/C14H17FN2O2/c15-11(9-10-5-2-1-3-6-10)14(19)17-13-12(18)7-4-8-16-13/h4,7-10,18H,1-3,5-6H2,(H,16,17,19)/b11-9-. The lowest BCUT2D eigenvalue weighted by Crippen LogP contribution is -2.14. The molecule has 0 atom stereocenters. The number of amides is 1. The van der Waals surface area contributed by atoms with Gasteiger partial charge in [-0.15, -0.1) is 0 Å². The van der Waals surface area contributed by atoms with E-state index in [4.69, 9.17) is 0 Å². The summed E-state index contributed by atoms with van der Waals surface area (Å²) in [6.07, 6.45) is 7.99. The first-order valence-corrected chi connectivity index (χ1v) is 6.49. The van der Waals surface area contributed by atoms with Gasteiger partial charge in [0.15, 0.2) is 17.4 Å². The van der Waals surface area contributed by atoms with Crippen LogP contribution in [0.2, 0.25) is 0 Å². The monoisotopic (exact) mass is 264 g/mol. The van der Waals surface area contributed by atoms with Crippen molar-refractivity contribution in [1.29, 1.82) is 0 Å². The Hall–Kier alpha value is -1.91. The highest BCUT2D eigenvalue weighted by atomic mass is 19.1. The molecule has 19 heavy (non-hydrogen) atoms. The first kappa shape index (κ1) is 13.5. The third kappa shape index (κ3) is 3.77. The molecule has 0 aliphatic heterocycles. The normalized spacial score (nSPS) is 17.2. The topological polar surface area (TPSA) is 62.2 Å². The van der Waals surface area contributed by atoms with Crippen LogP contribution >= 0.6 is 0 Å². The van der Waals surface area contributed by atoms with E-state index in [0.717, 1.165) is 25.7 Å². The van der Waals surface area contributed by atoms with Gasteiger partial charge in [0.05, 0.1) is 0 Å². The molecule has 0 spiro atoms. The van der Waals surface area contributed by atoms with Gasteiger partial charge in [-0.2, -0.15) is 0 Å². The summed E-state index contributed by atoms with van der Waals surface area (Å²) in [7, 11) is 0. The second-order valence-electron chi connectivity index (χ2n) is 4.74. The zero-order valence-electron chi connectivity index (χ0n) is 10.6. The minimum atomic E-state index is -0.862. The highest BCUT2D eigenvalue weighted by molar-refractivity contribution is 6.02. The van der Waals surface area contributed by atoms with E-state index in [1.807, 2.05) is 0 Å². The smallest absolute Gasteiger partial charge is 0.285 e. The first-order chi connectivity index (χ1) is 9.16. The second kappa shape index (κ2) is 6.31. The molecule has 0 bridgehead atoms. The number of nitrogens with zero attached hydrogens (tertiary/aromatic N) is 1. The van der Waals surface area contributed by atoms with Gasteiger partial charge in [0.2, 0.25) is 0 Å². The van der Waals surface area contributed by atoms with Crippen LogP contribution in [0.25, 0.3) is 0 Å². The molecule has 1 aromatic rings. The SMILES string of the molecule is O=C(Nc1ncccc1O)/C(F)=C/C1CCCCC1. The summed E-state index contributed by atoms with van der Waals surface area (Å²) in [5.41, 5.74) is 0. The van der Waals surface area contributed by atoms with Crippen LogP contribution in [0.4, 0.5) is 10.2 Å². The molecular formula is C14H17FN2O2. The second-order valence-corrected chi connectivity index (χ2v) is 4.74. The number of anilines is 1. The maximum atomic E-state index is 13.7. The maximum absolute atomic E-state index is 13.7. The van der Waals surface area contributed by atoms with E-state index in [1.165, 1.54) is 30.8 Å². The van der Waals surface area contributed by atoms with Crippen LogP contribution in [0.15, 0.2) is 30.2 Å². The Bertz CT molecular complexity index is 482. The van der Waals surface area contributed by atoms with E-state index < -0.39 is 11.7 Å². The van der Waals surface area contributed by atoms with Crippen molar-refractivity contribution in [2.45, 2.75) is 32.1 Å². The Morgan fingerprint density at radius 3 is 2.84 bits per heavy atom. The van der Waals surface area contributed by atoms with E-state index >= 15 is 0 Å². The number of allylic oxidation sites excluding steroid dienone is 1. The number of pyridine rings is 1. The Morgan fingerprint density at radius 1 is 1.42 bits per heavy atom. The number of hydrogen-bond donors (Lipinski definition) is 2. The molecule has 0 radical (unpaired) electrons. The number of carbonyl (C=O) groups is 1. The zero-order valence-corrected chi connectivity index (χ0v) is 10.6. The molecule has 0 unspecified atom stereocenters. The highest BCUT2D eigenvalue weighted by Gasteiger charge is 2.17. The fourth-order valence-electron chi connectivity index (χ4n) is 2.24. The number of aromatic hydroxyl groups is 1. The summed E-state index contributed by atoms with van der Waals surface area (Å²) in [5, 5.41) is 11.7. The van der Waals surface area contributed by atoms with Gasteiger partial charge in [0.25, 0.3) is 5.91 Å². The van der Waals surface area contributed by atoms with Gasteiger partial charge in [0.1, 0.15) is 0 Å². The summed E-state index contributed by atoms with van der Waals surface area (Å²) in [6.45, 7) is 0. The van der Waals surface area contributed by atoms with Crippen molar-refractivity contribution >= 4 is 11.7 Å². The number of rotatable bonds is 3. The van der Waals surface area contributed by atoms with Gasteiger partial charge in [-0.25, -0.2) is 9.37 Å². The summed E-state index contributed by atoms with van der Waals surface area (Å²) in [5.74, 6) is -1.74. The molecule has 1 saturated carbocycles. The number of hydrogen-bond acceptors (Lipinski definition) is 3. The van der Waals surface area contributed by atoms with Crippen molar-refractivity contribution in [3.8, 4) is 5.75 Å². The van der Waals surface area contributed by atoms with E-state index in [0.29, 0.717) is 0 Å². The fraction of sp³-hybridized carbons (Fsp3) is 0.429. The van der Waals surface area contributed by atoms with Crippen molar-refractivity contribution in [2.75, 3.05) is 5.32 Å². The van der Waals surface area contributed by atoms with E-state index in [9.17, 15) is 14.3 Å². The number of halogens is 1. The summed E-state index contributed by atoms with van der Waals surface area (Å²) < 4.78 is 13.7. The van der Waals surface area contributed by atoms with Crippen LogP contribution in [0, 0.1) is 5.92 Å². The van der Waals surface area contributed by atoms with Gasteiger partial charge >= 0.3 is 0 Å². The molecule has 1 fully saturated rings. The minimum absolute atomic E-state index is 0.0281. The maximum Gasteiger partial charge on any atom is 0.285 e. The molecule has 4 nitrogen and oxygen atoms in total. The molecule has 2 rings (SSSR count). The Balaban J connectivity index is 1.99. The summed E-state index contributed by atoms with van der Waals surface area (Å²) >= 11 is 0. The van der Waals surface area contributed by atoms with Crippen LogP contribution in [0.3, 0.4) is 0 Å². The average Bonchev–Trinajstić information content (AvgIpc) is 2.42. The first-order valence-electron chi connectivity index (χ1n) is 6.49. The van der Waals surface area contributed by atoms with Gasteiger partial charge in [0, 0.05) is 6.20 Å². The minimum Gasteiger partial charge on any atom is -0.504 e. The lowest BCUT2D eigenvalue weighted by Gasteiger charge is -2.17. The van der Waals surface area contributed by atoms with Crippen LogP contribution in [0.1, 0.15) is 32.1 Å². The summed E-state index contributed by atoms with van der Waals surface area (Å²) in [6, 6.07) is 2.91. The van der Waals surface area contributed by atoms with Crippen molar-refractivity contribution in [1.82, 2.24) is 4.98 Å². The Kier molecular flexibility index (Phi) is 4.49. The lowest BCUT2D eigenvalue weighted by molar-refractivity contribution is -0.114. The predicted octanol–water partition coefficient (Wildman–Crippen LogP) is 3.16. The molecule has 1 amide bonds. The lowest BCUT2D eigenvalue weighted by atomic mass is 9.89. The summed E-state index contributed by atoms with van der Waals surface area (Å²) in [4.78, 5) is 15.4. The van der Waals surface area contributed by atoms with Crippen molar-refractivity contribution in [3.63, 3.8) is 0 Å². The largest absolute Gasteiger partial charge is 0.504 e. The molecule has 1 aliphatic carbocycles. The number of nitrogens with one attached hydrogen (secondary N) is 1. The van der Waals surface area contributed by atoms with Crippen LogP contribution in [-0.2, 0) is 4.79 Å². The van der Waals surface area contributed by atoms with E-state index in [2.05, 4.69) is 10.3 Å². The van der Waals surface area contributed by atoms with E-state index in [-0.39, 0.29) is 17.5 Å². The Morgan fingerprint density at radius 2 is 2.16 bits per heavy atom. The molecule has 1 aromatic heterocycles. The van der Waals surface area contributed by atoms with Gasteiger partial charge in [-0.3, -0.25) is 4.79 Å². The highest BCUT2D eigenvalue weighted by Crippen LogP contribution is 2.26. The van der Waals surface area contributed by atoms with Crippen molar-refractivity contribution in [3.05, 3.63) is 30.2 Å². The van der Waals surface area contributed by atoms with Crippen LogP contribution in [-0.4, -0.2) is 16.0 Å². The number of carbonyl (C=O) groups excluding carboxylic acids is 1. The third-order valence-electron chi connectivity index (χ3n) is 3.27. The average molecular weight is 264 g/mol. The van der Waals surface area contributed by atoms with Gasteiger partial charge in [-0.1, -0.05) is 19.3 Å². The zero-order chi connectivity index (χ0) is 13.7. The molecule has 0 aromatic carbocycles. The molecule has 1 aliphatic rings. The van der Waals surface area contributed by atoms with Crippen LogP contribution in [0.5, 0.6) is 5.75 Å². The molecule has 1 heterocycles. The quantitative estimate of drug-likeness (QED) is 0.824. The molecule has 5 heteroatoms. The predicted molar refractivity (Wildman–Crippen MR) is 70.3 cm³/mol. The Labute approximate surface area is 111 Å². The molecule has 2 N–H and O–H groups in total. The molecular weight excluding hydrogens is 247 g/mol. The molecule has 102 valence electrons. The van der Waals surface area contributed by atoms with E-state index in [1.54, 1.807) is 0 Å². The molecule has 0 saturated heterocycles. The fourth-order valence-corrected chi connectivity index (χ4v) is 2.24. The van der Waals surface area contributed by atoms with Crippen molar-refractivity contribution < 1.29 is 14.3 Å². The van der Waals surface area contributed by atoms with Gasteiger partial charge in [-0.05, 0) is 37.0 Å². The number of aromatic nitrogens is 1. The van der Waals surface area contributed by atoms with Crippen LogP contribution < -0.4 is 5.32 Å². The third-order valence-corrected chi connectivity index (χ3v) is 3.27. The van der Waals surface area contributed by atoms with Crippen molar-refractivity contribution in [2.24, 2.45) is 5.92 Å². The van der Waals surface area contributed by atoms with Gasteiger partial charge < -0.3 is 10.4 Å².